The van der Waals surface area contributed by atoms with E-state index in [9.17, 15) is 0 Å². The van der Waals surface area contributed by atoms with Gasteiger partial charge in [0.1, 0.15) is 13.2 Å². The molecule has 3 nitrogen and oxygen atoms in total. The fourth-order valence-corrected chi connectivity index (χ4v) is 1.96. The van der Waals surface area contributed by atoms with E-state index in [-0.39, 0.29) is 0 Å². The number of hydrogen-bond acceptors (Lipinski definition) is 4. The van der Waals surface area contributed by atoms with Gasteiger partial charge in [-0.25, -0.2) is 0 Å². The maximum atomic E-state index is 5.55. The minimum Gasteiger partial charge on any atom is -0.486 e. The molecule has 0 aliphatic carbocycles. The molecule has 17 heavy (non-hydrogen) atoms. The fraction of sp³-hybridized carbons (Fsp3) is 0.538. The minimum atomic E-state index is 0.649. The van der Waals surface area contributed by atoms with Gasteiger partial charge in [-0.15, -0.1) is 0 Å². The van der Waals surface area contributed by atoms with Gasteiger partial charge in [-0.1, -0.05) is 6.07 Å². The van der Waals surface area contributed by atoms with Crippen LogP contribution in [0.25, 0.3) is 0 Å². The monoisotopic (exact) mass is 253 g/mol. The molecule has 4 heteroatoms. The van der Waals surface area contributed by atoms with Crippen molar-refractivity contribution in [3.05, 3.63) is 23.8 Å². The standard InChI is InChI=1S/C13H19NO2S/c17-9-1-5-14-6-4-11-2-3-12-13(10-11)16-8-7-15-12/h2-3,10,14,17H,1,4-9H2. The zero-order valence-electron chi connectivity index (χ0n) is 9.95. The van der Waals surface area contributed by atoms with Crippen LogP contribution in [0.3, 0.4) is 0 Å². The summed E-state index contributed by atoms with van der Waals surface area (Å²) in [6.45, 7) is 3.33. The van der Waals surface area contributed by atoms with Crippen molar-refractivity contribution in [2.75, 3.05) is 32.1 Å². The van der Waals surface area contributed by atoms with E-state index in [4.69, 9.17) is 9.47 Å². The van der Waals surface area contributed by atoms with E-state index in [2.05, 4.69) is 30.1 Å². The molecule has 1 N–H and O–H groups in total. The van der Waals surface area contributed by atoms with E-state index < -0.39 is 0 Å². The highest BCUT2D eigenvalue weighted by Gasteiger charge is 2.11. The maximum absolute atomic E-state index is 5.55. The first kappa shape index (κ1) is 12.6. The van der Waals surface area contributed by atoms with Gasteiger partial charge in [-0.3, -0.25) is 0 Å². The zero-order chi connectivity index (χ0) is 11.9. The van der Waals surface area contributed by atoms with Gasteiger partial charge < -0.3 is 14.8 Å². The van der Waals surface area contributed by atoms with Crippen LogP contribution in [0.4, 0.5) is 0 Å². The largest absolute Gasteiger partial charge is 0.486 e. The molecule has 0 amide bonds. The minimum absolute atomic E-state index is 0.649. The van der Waals surface area contributed by atoms with Crippen molar-refractivity contribution >= 4 is 12.6 Å². The number of hydrogen-bond donors (Lipinski definition) is 2. The lowest BCUT2D eigenvalue weighted by atomic mass is 10.1. The normalized spacial score (nSPS) is 13.7. The number of ether oxygens (including phenoxy) is 2. The van der Waals surface area contributed by atoms with Crippen LogP contribution in [-0.2, 0) is 6.42 Å². The summed E-state index contributed by atoms with van der Waals surface area (Å²) in [7, 11) is 0. The van der Waals surface area contributed by atoms with E-state index in [1.54, 1.807) is 0 Å². The van der Waals surface area contributed by atoms with E-state index in [0.717, 1.165) is 43.2 Å². The molecule has 0 radical (unpaired) electrons. The Balaban J connectivity index is 1.81. The number of benzene rings is 1. The van der Waals surface area contributed by atoms with Crippen LogP contribution >= 0.6 is 12.6 Å². The Morgan fingerprint density at radius 3 is 2.76 bits per heavy atom. The third kappa shape index (κ3) is 3.82. The summed E-state index contributed by atoms with van der Waals surface area (Å²) in [6.07, 6.45) is 2.13. The molecular formula is C13H19NO2S. The van der Waals surface area contributed by atoms with Gasteiger partial charge in [-0.05, 0) is 49.4 Å². The Labute approximate surface area is 108 Å². The quantitative estimate of drug-likeness (QED) is 0.600. The Kier molecular flexibility index (Phi) is 5.01. The van der Waals surface area contributed by atoms with Gasteiger partial charge in [0.2, 0.25) is 0 Å². The van der Waals surface area contributed by atoms with Gasteiger partial charge in [0, 0.05) is 0 Å². The molecule has 0 saturated carbocycles. The lowest BCUT2D eigenvalue weighted by Gasteiger charge is -2.18. The third-order valence-corrected chi connectivity index (χ3v) is 3.02. The Morgan fingerprint density at radius 2 is 1.94 bits per heavy atom. The summed E-state index contributed by atoms with van der Waals surface area (Å²) >= 11 is 4.18. The Hall–Kier alpha value is -0.870. The molecule has 0 aromatic heterocycles. The van der Waals surface area contributed by atoms with Crippen LogP contribution in [0.15, 0.2) is 18.2 Å². The van der Waals surface area contributed by atoms with Crippen LogP contribution in [0.5, 0.6) is 11.5 Å². The summed E-state index contributed by atoms with van der Waals surface area (Å²) in [5.74, 6) is 2.68. The Bertz CT molecular complexity index is 357. The smallest absolute Gasteiger partial charge is 0.161 e. The molecule has 2 rings (SSSR count). The van der Waals surface area contributed by atoms with E-state index in [0.29, 0.717) is 13.2 Å². The van der Waals surface area contributed by atoms with Crippen molar-refractivity contribution in [1.82, 2.24) is 5.32 Å². The topological polar surface area (TPSA) is 30.5 Å². The molecule has 0 saturated heterocycles. The lowest BCUT2D eigenvalue weighted by Crippen LogP contribution is -2.19. The first-order valence-corrected chi connectivity index (χ1v) is 6.73. The SMILES string of the molecule is SCCCNCCc1ccc2c(c1)OCCO2. The molecule has 1 heterocycles. The van der Waals surface area contributed by atoms with Gasteiger partial charge in [0.05, 0.1) is 0 Å². The maximum Gasteiger partial charge on any atom is 0.161 e. The number of rotatable bonds is 6. The predicted molar refractivity (Wildman–Crippen MR) is 72.5 cm³/mol. The highest BCUT2D eigenvalue weighted by Crippen LogP contribution is 2.30. The highest BCUT2D eigenvalue weighted by atomic mass is 32.1. The second kappa shape index (κ2) is 6.77. The van der Waals surface area contributed by atoms with Crippen molar-refractivity contribution in [2.45, 2.75) is 12.8 Å². The summed E-state index contributed by atoms with van der Waals surface area (Å²) < 4.78 is 11.0. The summed E-state index contributed by atoms with van der Waals surface area (Å²) in [6, 6.07) is 6.18. The molecule has 0 fully saturated rings. The third-order valence-electron chi connectivity index (χ3n) is 2.71. The van der Waals surface area contributed by atoms with Gasteiger partial charge in [0.25, 0.3) is 0 Å². The van der Waals surface area contributed by atoms with Crippen molar-refractivity contribution in [1.29, 1.82) is 0 Å². The van der Waals surface area contributed by atoms with Crippen LogP contribution in [0, 0.1) is 0 Å². The number of nitrogens with one attached hydrogen (secondary N) is 1. The summed E-state index contributed by atoms with van der Waals surface area (Å²) in [5, 5.41) is 3.39. The molecule has 1 aromatic carbocycles. The molecular weight excluding hydrogens is 234 g/mol. The van der Waals surface area contributed by atoms with Crippen LogP contribution in [0.1, 0.15) is 12.0 Å². The van der Waals surface area contributed by atoms with E-state index in [1.807, 2.05) is 6.07 Å². The number of fused-ring (bicyclic) bond motifs is 1. The molecule has 1 aliphatic heterocycles. The van der Waals surface area contributed by atoms with Crippen molar-refractivity contribution < 1.29 is 9.47 Å². The molecule has 0 bridgehead atoms. The first-order valence-electron chi connectivity index (χ1n) is 6.10. The van der Waals surface area contributed by atoms with Gasteiger partial charge >= 0.3 is 0 Å². The Morgan fingerprint density at radius 1 is 1.12 bits per heavy atom. The first-order chi connectivity index (χ1) is 8.40. The molecule has 94 valence electrons. The average molecular weight is 253 g/mol. The zero-order valence-corrected chi connectivity index (χ0v) is 10.8. The van der Waals surface area contributed by atoms with Crippen LogP contribution < -0.4 is 14.8 Å². The molecule has 0 unspecified atom stereocenters. The van der Waals surface area contributed by atoms with Crippen molar-refractivity contribution in [3.63, 3.8) is 0 Å². The predicted octanol–water partition coefficient (Wildman–Crippen LogP) is 1.91. The summed E-state index contributed by atoms with van der Waals surface area (Å²) in [4.78, 5) is 0. The second-order valence-electron chi connectivity index (χ2n) is 4.06. The van der Waals surface area contributed by atoms with Gasteiger partial charge in [0.15, 0.2) is 11.5 Å². The molecule has 1 aliphatic rings. The van der Waals surface area contributed by atoms with Crippen molar-refractivity contribution in [3.8, 4) is 11.5 Å². The second-order valence-corrected chi connectivity index (χ2v) is 4.50. The summed E-state index contributed by atoms with van der Waals surface area (Å²) in [5.41, 5.74) is 1.28. The number of thiol groups is 1. The van der Waals surface area contributed by atoms with Crippen LogP contribution in [-0.4, -0.2) is 32.1 Å². The molecule has 1 aromatic rings. The molecule has 0 atom stereocenters. The fourth-order valence-electron chi connectivity index (χ4n) is 1.81. The average Bonchev–Trinajstić information content (AvgIpc) is 2.38. The molecule has 0 spiro atoms. The van der Waals surface area contributed by atoms with Crippen LogP contribution in [0.2, 0.25) is 0 Å². The highest BCUT2D eigenvalue weighted by molar-refractivity contribution is 7.80. The van der Waals surface area contributed by atoms with E-state index in [1.165, 1.54) is 5.56 Å². The van der Waals surface area contributed by atoms with Gasteiger partial charge in [-0.2, -0.15) is 12.6 Å². The lowest BCUT2D eigenvalue weighted by molar-refractivity contribution is 0.171. The van der Waals surface area contributed by atoms with E-state index >= 15 is 0 Å². The van der Waals surface area contributed by atoms with Crippen molar-refractivity contribution in [2.24, 2.45) is 0 Å².